The predicted molar refractivity (Wildman–Crippen MR) is 99.6 cm³/mol. The second-order valence-electron chi connectivity index (χ2n) is 5.32. The fourth-order valence-corrected chi connectivity index (χ4v) is 1.94. The summed E-state index contributed by atoms with van der Waals surface area (Å²) in [6.45, 7) is 5.65. The molecule has 0 heterocycles. The zero-order valence-corrected chi connectivity index (χ0v) is 14.3. The SMILES string of the molecule is CCCOc1ccc(/C=N/N=C/c2ccc(OCCC)cc2)cc1. The molecular formula is C20H24N2O2. The van der Waals surface area contributed by atoms with Crippen molar-refractivity contribution >= 4 is 12.4 Å². The highest BCUT2D eigenvalue weighted by atomic mass is 16.5. The van der Waals surface area contributed by atoms with Crippen molar-refractivity contribution in [1.29, 1.82) is 0 Å². The van der Waals surface area contributed by atoms with E-state index in [2.05, 4.69) is 24.1 Å². The second kappa shape index (κ2) is 10.2. The zero-order chi connectivity index (χ0) is 17.0. The molecule has 2 aromatic carbocycles. The first-order chi connectivity index (χ1) is 11.8. The molecule has 0 saturated carbocycles. The number of hydrogen-bond donors (Lipinski definition) is 0. The summed E-state index contributed by atoms with van der Waals surface area (Å²) < 4.78 is 11.1. The average Bonchev–Trinajstić information content (AvgIpc) is 2.64. The van der Waals surface area contributed by atoms with Gasteiger partial charge in [-0.1, -0.05) is 13.8 Å². The van der Waals surface area contributed by atoms with Gasteiger partial charge in [0.25, 0.3) is 0 Å². The van der Waals surface area contributed by atoms with Crippen LogP contribution < -0.4 is 9.47 Å². The summed E-state index contributed by atoms with van der Waals surface area (Å²) in [7, 11) is 0. The lowest BCUT2D eigenvalue weighted by Gasteiger charge is -2.03. The van der Waals surface area contributed by atoms with E-state index in [4.69, 9.17) is 9.47 Å². The molecule has 0 amide bonds. The van der Waals surface area contributed by atoms with Crippen LogP contribution in [0.5, 0.6) is 11.5 Å². The van der Waals surface area contributed by atoms with Crippen LogP contribution in [0.1, 0.15) is 37.8 Å². The molecule has 24 heavy (non-hydrogen) atoms. The minimum atomic E-state index is 0.736. The van der Waals surface area contributed by atoms with E-state index in [0.29, 0.717) is 0 Å². The van der Waals surface area contributed by atoms with Crippen molar-refractivity contribution in [3.63, 3.8) is 0 Å². The Hall–Kier alpha value is -2.62. The van der Waals surface area contributed by atoms with Gasteiger partial charge in [0, 0.05) is 0 Å². The molecule has 0 aliphatic heterocycles. The van der Waals surface area contributed by atoms with Gasteiger partial charge >= 0.3 is 0 Å². The average molecular weight is 324 g/mol. The summed E-state index contributed by atoms with van der Waals surface area (Å²) in [6, 6.07) is 15.6. The van der Waals surface area contributed by atoms with E-state index in [1.54, 1.807) is 12.4 Å². The van der Waals surface area contributed by atoms with E-state index in [-0.39, 0.29) is 0 Å². The summed E-state index contributed by atoms with van der Waals surface area (Å²) in [5.74, 6) is 1.76. The van der Waals surface area contributed by atoms with Crippen LogP contribution in [0.15, 0.2) is 58.7 Å². The maximum Gasteiger partial charge on any atom is 0.119 e. The minimum Gasteiger partial charge on any atom is -0.494 e. The van der Waals surface area contributed by atoms with E-state index >= 15 is 0 Å². The molecule has 4 heteroatoms. The summed E-state index contributed by atoms with van der Waals surface area (Å²) in [4.78, 5) is 0. The van der Waals surface area contributed by atoms with Crippen molar-refractivity contribution in [1.82, 2.24) is 0 Å². The summed E-state index contributed by atoms with van der Waals surface area (Å²) >= 11 is 0. The fourth-order valence-electron chi connectivity index (χ4n) is 1.94. The van der Waals surface area contributed by atoms with E-state index < -0.39 is 0 Å². The molecule has 0 aliphatic carbocycles. The molecule has 0 radical (unpaired) electrons. The van der Waals surface area contributed by atoms with Crippen molar-refractivity contribution in [2.24, 2.45) is 10.2 Å². The quantitative estimate of drug-likeness (QED) is 0.495. The van der Waals surface area contributed by atoms with E-state index in [1.165, 1.54) is 0 Å². The molecular weight excluding hydrogens is 300 g/mol. The van der Waals surface area contributed by atoms with Gasteiger partial charge in [0.2, 0.25) is 0 Å². The molecule has 0 aromatic heterocycles. The number of nitrogens with zero attached hydrogens (tertiary/aromatic N) is 2. The Morgan fingerprint density at radius 2 is 1.04 bits per heavy atom. The molecule has 2 aromatic rings. The summed E-state index contributed by atoms with van der Waals surface area (Å²) in [5, 5.41) is 8.15. The van der Waals surface area contributed by atoms with E-state index in [1.807, 2.05) is 48.5 Å². The van der Waals surface area contributed by atoms with Crippen LogP contribution >= 0.6 is 0 Å². The Morgan fingerprint density at radius 1 is 0.667 bits per heavy atom. The molecule has 0 saturated heterocycles. The van der Waals surface area contributed by atoms with Crippen LogP contribution in [0.25, 0.3) is 0 Å². The van der Waals surface area contributed by atoms with Gasteiger partial charge in [-0.2, -0.15) is 10.2 Å². The van der Waals surface area contributed by atoms with Crippen molar-refractivity contribution < 1.29 is 9.47 Å². The topological polar surface area (TPSA) is 43.2 Å². The Kier molecular flexibility index (Phi) is 7.54. The van der Waals surface area contributed by atoms with Crippen LogP contribution in [0, 0.1) is 0 Å². The van der Waals surface area contributed by atoms with Gasteiger partial charge in [0.15, 0.2) is 0 Å². The number of benzene rings is 2. The smallest absolute Gasteiger partial charge is 0.119 e. The van der Waals surface area contributed by atoms with Gasteiger partial charge in [-0.3, -0.25) is 0 Å². The third-order valence-corrected chi connectivity index (χ3v) is 3.19. The predicted octanol–water partition coefficient (Wildman–Crippen LogP) is 4.72. The van der Waals surface area contributed by atoms with Crippen molar-refractivity contribution in [2.75, 3.05) is 13.2 Å². The third kappa shape index (κ3) is 6.24. The third-order valence-electron chi connectivity index (χ3n) is 3.19. The summed E-state index contributed by atoms with van der Waals surface area (Å²) in [6.07, 6.45) is 5.45. The Morgan fingerprint density at radius 3 is 1.38 bits per heavy atom. The van der Waals surface area contributed by atoms with Crippen LogP contribution in [0.4, 0.5) is 0 Å². The molecule has 0 atom stereocenters. The maximum absolute atomic E-state index is 5.54. The van der Waals surface area contributed by atoms with Crippen LogP contribution in [0.3, 0.4) is 0 Å². The minimum absolute atomic E-state index is 0.736. The molecule has 0 unspecified atom stereocenters. The summed E-state index contributed by atoms with van der Waals surface area (Å²) in [5.41, 5.74) is 1.97. The molecule has 2 rings (SSSR count). The second-order valence-corrected chi connectivity index (χ2v) is 5.32. The lowest BCUT2D eigenvalue weighted by Crippen LogP contribution is -1.94. The number of hydrogen-bond acceptors (Lipinski definition) is 4. The van der Waals surface area contributed by atoms with E-state index in [0.717, 1.165) is 48.7 Å². The van der Waals surface area contributed by atoms with E-state index in [9.17, 15) is 0 Å². The first-order valence-corrected chi connectivity index (χ1v) is 8.34. The Labute approximate surface area is 143 Å². The van der Waals surface area contributed by atoms with Crippen LogP contribution in [-0.4, -0.2) is 25.6 Å². The zero-order valence-electron chi connectivity index (χ0n) is 14.3. The van der Waals surface area contributed by atoms with Gasteiger partial charge in [-0.25, -0.2) is 0 Å². The molecule has 0 N–H and O–H groups in total. The molecule has 0 fully saturated rings. The van der Waals surface area contributed by atoms with Crippen molar-refractivity contribution in [2.45, 2.75) is 26.7 Å². The molecule has 126 valence electrons. The number of rotatable bonds is 9. The first-order valence-electron chi connectivity index (χ1n) is 8.34. The van der Waals surface area contributed by atoms with Crippen LogP contribution in [-0.2, 0) is 0 Å². The van der Waals surface area contributed by atoms with Gasteiger partial charge < -0.3 is 9.47 Å². The molecule has 4 nitrogen and oxygen atoms in total. The molecule has 0 spiro atoms. The first kappa shape index (κ1) is 17.7. The maximum atomic E-state index is 5.54. The largest absolute Gasteiger partial charge is 0.494 e. The Bertz CT molecular complexity index is 587. The molecule has 0 bridgehead atoms. The van der Waals surface area contributed by atoms with Gasteiger partial charge in [0.1, 0.15) is 11.5 Å². The van der Waals surface area contributed by atoms with Crippen molar-refractivity contribution in [3.05, 3.63) is 59.7 Å². The monoisotopic (exact) mass is 324 g/mol. The van der Waals surface area contributed by atoms with Gasteiger partial charge in [-0.05, 0) is 72.5 Å². The Balaban J connectivity index is 1.85. The lowest BCUT2D eigenvalue weighted by atomic mass is 10.2. The highest BCUT2D eigenvalue weighted by Gasteiger charge is 1.94. The standard InChI is InChI=1S/C20H24N2O2/c1-3-13-23-19-9-5-17(6-10-19)15-21-22-16-18-7-11-20(12-8-18)24-14-4-2/h5-12,15-16H,3-4,13-14H2,1-2H3/b21-15+,22-16+. The molecule has 0 aliphatic rings. The van der Waals surface area contributed by atoms with Gasteiger partial charge in [0.05, 0.1) is 25.6 Å². The normalized spacial score (nSPS) is 11.2. The van der Waals surface area contributed by atoms with Gasteiger partial charge in [-0.15, -0.1) is 0 Å². The highest BCUT2D eigenvalue weighted by molar-refractivity contribution is 5.82. The van der Waals surface area contributed by atoms with Crippen LogP contribution in [0.2, 0.25) is 0 Å². The fraction of sp³-hybridized carbons (Fsp3) is 0.300. The van der Waals surface area contributed by atoms with Crippen molar-refractivity contribution in [3.8, 4) is 11.5 Å². The number of ether oxygens (including phenoxy) is 2. The lowest BCUT2D eigenvalue weighted by molar-refractivity contribution is 0.317. The highest BCUT2D eigenvalue weighted by Crippen LogP contribution is 2.12.